The lowest BCUT2D eigenvalue weighted by atomic mass is 10.0. The number of nitrogens with one attached hydrogen (secondary N) is 1. The highest BCUT2D eigenvalue weighted by Gasteiger charge is 2.22. The summed E-state index contributed by atoms with van der Waals surface area (Å²) in [5, 5.41) is 3.07. The first kappa shape index (κ1) is 18.8. The minimum absolute atomic E-state index is 0.00889. The summed E-state index contributed by atoms with van der Waals surface area (Å²) in [6.07, 6.45) is 4.34. The van der Waals surface area contributed by atoms with Crippen LogP contribution in [0.5, 0.6) is 5.75 Å². The van der Waals surface area contributed by atoms with Gasteiger partial charge in [-0.2, -0.15) is 0 Å². The topological polar surface area (TPSA) is 54.5 Å². The number of nitrogens with zero attached hydrogens (tertiary/aromatic N) is 2. The third kappa shape index (κ3) is 4.50. The molecule has 0 aliphatic carbocycles. The summed E-state index contributed by atoms with van der Waals surface area (Å²) in [5.74, 6) is 0.780. The van der Waals surface area contributed by atoms with E-state index in [1.807, 2.05) is 51.2 Å². The minimum atomic E-state index is -0.153. The predicted molar refractivity (Wildman–Crippen MR) is 99.7 cm³/mol. The first-order valence-corrected chi connectivity index (χ1v) is 8.55. The average Bonchev–Trinajstić information content (AvgIpc) is 2.63. The normalized spacial score (nSPS) is 13.0. The number of hydrogen-bond acceptors (Lipinski definition) is 3. The van der Waals surface area contributed by atoms with Crippen molar-refractivity contribution in [1.29, 1.82) is 0 Å². The SMILES string of the molecule is CC[C@@H](c1ccncc1)N(C)C(=O)N[C@@H](C)c1cc(C)ccc1OC. The van der Waals surface area contributed by atoms with Gasteiger partial charge in [0, 0.05) is 25.0 Å². The van der Waals surface area contributed by atoms with Gasteiger partial charge in [-0.15, -0.1) is 0 Å². The zero-order chi connectivity index (χ0) is 18.4. The second-order valence-corrected chi connectivity index (χ2v) is 6.23. The summed E-state index contributed by atoms with van der Waals surface area (Å²) in [7, 11) is 3.47. The molecular weight excluding hydrogens is 314 g/mol. The Morgan fingerprint density at radius 3 is 2.56 bits per heavy atom. The summed E-state index contributed by atoms with van der Waals surface area (Å²) < 4.78 is 5.43. The molecule has 2 aromatic rings. The van der Waals surface area contributed by atoms with E-state index in [9.17, 15) is 4.79 Å². The summed E-state index contributed by atoms with van der Waals surface area (Å²) in [6.45, 7) is 6.07. The van der Waals surface area contributed by atoms with Crippen molar-refractivity contribution in [1.82, 2.24) is 15.2 Å². The van der Waals surface area contributed by atoms with E-state index in [-0.39, 0.29) is 18.1 Å². The zero-order valence-electron chi connectivity index (χ0n) is 15.6. The molecule has 25 heavy (non-hydrogen) atoms. The van der Waals surface area contributed by atoms with Crippen molar-refractivity contribution in [2.75, 3.05) is 14.2 Å². The average molecular weight is 341 g/mol. The van der Waals surface area contributed by atoms with Crippen molar-refractivity contribution in [3.8, 4) is 5.75 Å². The Bertz CT molecular complexity index is 703. The Hall–Kier alpha value is -2.56. The molecule has 0 radical (unpaired) electrons. The van der Waals surface area contributed by atoms with Crippen molar-refractivity contribution in [2.24, 2.45) is 0 Å². The standard InChI is InChI=1S/C20H27N3O2/c1-6-18(16-9-11-21-12-10-16)23(4)20(24)22-15(3)17-13-14(2)7-8-19(17)25-5/h7-13,15,18H,6H2,1-5H3,(H,22,24)/t15-,18-/m0/s1. The highest BCUT2D eigenvalue weighted by atomic mass is 16.5. The number of hydrogen-bond donors (Lipinski definition) is 1. The van der Waals surface area contributed by atoms with Crippen LogP contribution in [0.15, 0.2) is 42.7 Å². The van der Waals surface area contributed by atoms with Gasteiger partial charge in [-0.05, 0) is 44.0 Å². The molecule has 0 spiro atoms. The molecule has 5 nitrogen and oxygen atoms in total. The number of methoxy groups -OCH3 is 1. The van der Waals surface area contributed by atoms with Crippen LogP contribution in [0.25, 0.3) is 0 Å². The smallest absolute Gasteiger partial charge is 0.318 e. The van der Waals surface area contributed by atoms with Gasteiger partial charge in [0.25, 0.3) is 0 Å². The van der Waals surface area contributed by atoms with Gasteiger partial charge in [0.15, 0.2) is 0 Å². The molecule has 1 aromatic carbocycles. The van der Waals surface area contributed by atoms with Crippen LogP contribution in [0.2, 0.25) is 0 Å². The third-order valence-corrected chi connectivity index (χ3v) is 4.46. The van der Waals surface area contributed by atoms with Crippen LogP contribution in [0.3, 0.4) is 0 Å². The van der Waals surface area contributed by atoms with E-state index < -0.39 is 0 Å². The molecule has 2 amide bonds. The van der Waals surface area contributed by atoms with Gasteiger partial charge >= 0.3 is 6.03 Å². The van der Waals surface area contributed by atoms with Gasteiger partial charge in [-0.25, -0.2) is 4.79 Å². The Balaban J connectivity index is 2.14. The molecular formula is C20H27N3O2. The lowest BCUT2D eigenvalue weighted by Crippen LogP contribution is -2.40. The number of rotatable bonds is 6. The van der Waals surface area contributed by atoms with Gasteiger partial charge < -0.3 is 15.0 Å². The molecule has 0 saturated heterocycles. The maximum absolute atomic E-state index is 12.7. The van der Waals surface area contributed by atoms with Gasteiger partial charge in [-0.3, -0.25) is 4.98 Å². The van der Waals surface area contributed by atoms with E-state index in [1.54, 1.807) is 24.4 Å². The van der Waals surface area contributed by atoms with Gasteiger partial charge in [0.05, 0.1) is 19.2 Å². The summed E-state index contributed by atoms with van der Waals surface area (Å²) in [6, 6.07) is 9.62. The highest BCUT2D eigenvalue weighted by molar-refractivity contribution is 5.75. The van der Waals surface area contributed by atoms with E-state index in [1.165, 1.54) is 0 Å². The molecule has 0 unspecified atom stereocenters. The van der Waals surface area contributed by atoms with E-state index in [2.05, 4.69) is 17.2 Å². The summed E-state index contributed by atoms with van der Waals surface area (Å²) in [5.41, 5.74) is 3.19. The molecule has 0 aliphatic heterocycles. The summed E-state index contributed by atoms with van der Waals surface area (Å²) >= 11 is 0. The fourth-order valence-corrected chi connectivity index (χ4v) is 3.02. The molecule has 0 fully saturated rings. The Labute approximate surface area is 150 Å². The van der Waals surface area contributed by atoms with Gasteiger partial charge in [-0.1, -0.05) is 24.6 Å². The minimum Gasteiger partial charge on any atom is -0.496 e. The number of ether oxygens (including phenoxy) is 1. The summed E-state index contributed by atoms with van der Waals surface area (Å²) in [4.78, 5) is 18.5. The maximum atomic E-state index is 12.7. The van der Waals surface area contributed by atoms with Crippen LogP contribution in [0.4, 0.5) is 4.79 Å². The van der Waals surface area contributed by atoms with Crippen LogP contribution >= 0.6 is 0 Å². The maximum Gasteiger partial charge on any atom is 0.318 e. The molecule has 134 valence electrons. The van der Waals surface area contributed by atoms with Crippen molar-refractivity contribution in [3.63, 3.8) is 0 Å². The monoisotopic (exact) mass is 341 g/mol. The van der Waals surface area contributed by atoms with E-state index >= 15 is 0 Å². The number of aromatic nitrogens is 1. The largest absolute Gasteiger partial charge is 0.496 e. The Morgan fingerprint density at radius 2 is 1.96 bits per heavy atom. The van der Waals surface area contributed by atoms with Crippen LogP contribution in [-0.2, 0) is 0 Å². The molecule has 1 aromatic heterocycles. The van der Waals surface area contributed by atoms with E-state index in [4.69, 9.17) is 4.74 Å². The number of carbonyl (C=O) groups excluding carboxylic acids is 1. The molecule has 0 aliphatic rings. The molecule has 2 atom stereocenters. The second-order valence-electron chi connectivity index (χ2n) is 6.23. The number of carbonyl (C=O) groups is 1. The number of amides is 2. The van der Waals surface area contributed by atoms with E-state index in [0.717, 1.165) is 28.9 Å². The number of urea groups is 1. The number of pyridine rings is 1. The first-order valence-electron chi connectivity index (χ1n) is 8.55. The lowest BCUT2D eigenvalue weighted by Gasteiger charge is -2.29. The molecule has 1 N–H and O–H groups in total. The Morgan fingerprint density at radius 1 is 1.28 bits per heavy atom. The van der Waals surface area contributed by atoms with Crippen LogP contribution in [0.1, 0.15) is 49.0 Å². The third-order valence-electron chi connectivity index (χ3n) is 4.46. The first-order chi connectivity index (χ1) is 12.0. The van der Waals surface area contributed by atoms with Crippen molar-refractivity contribution >= 4 is 6.03 Å². The fourth-order valence-electron chi connectivity index (χ4n) is 3.02. The molecule has 1 heterocycles. The molecule has 2 rings (SSSR count). The molecule has 0 bridgehead atoms. The molecule has 0 saturated carbocycles. The number of benzene rings is 1. The highest BCUT2D eigenvalue weighted by Crippen LogP contribution is 2.27. The fraction of sp³-hybridized carbons (Fsp3) is 0.400. The van der Waals surface area contributed by atoms with E-state index in [0.29, 0.717) is 0 Å². The van der Waals surface area contributed by atoms with Gasteiger partial charge in [0.2, 0.25) is 0 Å². The van der Waals surface area contributed by atoms with Crippen LogP contribution < -0.4 is 10.1 Å². The van der Waals surface area contributed by atoms with Crippen LogP contribution in [-0.4, -0.2) is 30.1 Å². The number of aryl methyl sites for hydroxylation is 1. The lowest BCUT2D eigenvalue weighted by molar-refractivity contribution is 0.185. The molecule has 5 heteroatoms. The quantitative estimate of drug-likeness (QED) is 0.854. The predicted octanol–water partition coefficient (Wildman–Crippen LogP) is 4.25. The van der Waals surface area contributed by atoms with Crippen molar-refractivity contribution < 1.29 is 9.53 Å². The van der Waals surface area contributed by atoms with Crippen molar-refractivity contribution in [3.05, 3.63) is 59.4 Å². The second kappa shape index (κ2) is 8.51. The Kier molecular flexibility index (Phi) is 6.39. The zero-order valence-corrected chi connectivity index (χ0v) is 15.6. The van der Waals surface area contributed by atoms with Crippen LogP contribution in [0, 0.1) is 6.92 Å². The van der Waals surface area contributed by atoms with Gasteiger partial charge in [0.1, 0.15) is 5.75 Å². The van der Waals surface area contributed by atoms with Crippen molar-refractivity contribution in [2.45, 2.75) is 39.3 Å².